The Morgan fingerprint density at radius 3 is 2.41 bits per heavy atom. The van der Waals surface area contributed by atoms with Crippen molar-refractivity contribution in [3.05, 3.63) is 110 Å². The third kappa shape index (κ3) is 6.65. The van der Waals surface area contributed by atoms with Crippen molar-refractivity contribution in [2.24, 2.45) is 4.99 Å². The van der Waals surface area contributed by atoms with Crippen molar-refractivity contribution in [3.8, 4) is 11.5 Å². The number of aliphatic imine (C=N–C) groups is 1. The molecule has 0 saturated carbocycles. The molecule has 1 aliphatic heterocycles. The number of aliphatic hydroxyl groups excluding tert-OH is 1. The number of esters is 1. The van der Waals surface area contributed by atoms with E-state index in [0.29, 0.717) is 27.0 Å². The number of carbonyl (C=O) groups is 2. The van der Waals surface area contributed by atoms with Gasteiger partial charge in [-0.2, -0.15) is 0 Å². The summed E-state index contributed by atoms with van der Waals surface area (Å²) >= 11 is 13.3. The van der Waals surface area contributed by atoms with Crippen LogP contribution in [0.2, 0.25) is 10.0 Å². The normalized spacial score (nSPS) is 15.1. The highest BCUT2D eigenvalue weighted by molar-refractivity contribution is 8.18. The highest BCUT2D eigenvalue weighted by Gasteiger charge is 2.34. The first kappa shape index (κ1) is 28.3. The third-order valence-corrected chi connectivity index (χ3v) is 7.22. The van der Waals surface area contributed by atoms with Crippen LogP contribution < -0.4 is 9.47 Å². The summed E-state index contributed by atoms with van der Waals surface area (Å²) in [6.07, 6.45) is 1.64. The minimum Gasteiger partial charge on any atom is -0.506 e. The van der Waals surface area contributed by atoms with Gasteiger partial charge in [0.15, 0.2) is 11.5 Å². The molecule has 3 aromatic carbocycles. The Kier molecular flexibility index (Phi) is 9.35. The predicted octanol–water partition coefficient (Wildman–Crippen LogP) is 7.28. The Morgan fingerprint density at radius 1 is 1.00 bits per heavy atom. The van der Waals surface area contributed by atoms with Gasteiger partial charge >= 0.3 is 5.97 Å². The monoisotopic (exact) mass is 583 g/mol. The summed E-state index contributed by atoms with van der Waals surface area (Å²) in [6, 6.07) is 19.0. The van der Waals surface area contributed by atoms with Crippen LogP contribution in [0.4, 0.5) is 0 Å². The average Bonchev–Trinajstić information content (AvgIpc) is 3.22. The number of rotatable bonds is 8. The number of ether oxygens (including phenoxy) is 3. The summed E-state index contributed by atoms with van der Waals surface area (Å²) in [5.41, 5.74) is 1.45. The molecule has 0 aromatic heterocycles. The van der Waals surface area contributed by atoms with Crippen LogP contribution in [0.25, 0.3) is 6.08 Å². The van der Waals surface area contributed by atoms with Crippen LogP contribution in [0.5, 0.6) is 11.5 Å². The summed E-state index contributed by atoms with van der Waals surface area (Å²) < 4.78 is 16.5. The smallest absolute Gasteiger partial charge is 0.344 e. The first-order valence-electron chi connectivity index (χ1n) is 11.7. The van der Waals surface area contributed by atoms with Crippen molar-refractivity contribution >= 4 is 58.0 Å². The van der Waals surface area contributed by atoms with Crippen LogP contribution in [0.1, 0.15) is 28.4 Å². The third-order valence-electron chi connectivity index (χ3n) is 5.50. The molecule has 3 aromatic rings. The number of benzene rings is 3. The van der Waals surface area contributed by atoms with Crippen LogP contribution >= 0.6 is 35.0 Å². The fraction of sp³-hybridized carbons (Fsp3) is 0.138. The summed E-state index contributed by atoms with van der Waals surface area (Å²) in [5.74, 6) is -0.838. The van der Waals surface area contributed by atoms with E-state index in [4.69, 9.17) is 37.4 Å². The van der Waals surface area contributed by atoms with E-state index >= 15 is 0 Å². The van der Waals surface area contributed by atoms with E-state index in [0.717, 1.165) is 17.3 Å². The Hall–Kier alpha value is -3.72. The molecule has 0 aliphatic carbocycles. The Balaban J connectivity index is 1.63. The second-order valence-corrected chi connectivity index (χ2v) is 9.89. The van der Waals surface area contributed by atoms with Gasteiger partial charge in [-0.05, 0) is 48.9 Å². The highest BCUT2D eigenvalue weighted by atomic mass is 35.5. The second-order valence-electron chi connectivity index (χ2n) is 8.05. The predicted molar refractivity (Wildman–Crippen MR) is 154 cm³/mol. The number of carbonyl (C=O) groups excluding carboxylic acids is 2. The van der Waals surface area contributed by atoms with Gasteiger partial charge in [0, 0.05) is 10.6 Å². The van der Waals surface area contributed by atoms with Crippen molar-refractivity contribution in [3.63, 3.8) is 0 Å². The lowest BCUT2D eigenvalue weighted by Gasteiger charge is -2.12. The van der Waals surface area contributed by atoms with Gasteiger partial charge in [0.25, 0.3) is 5.91 Å². The molecule has 4 rings (SSSR count). The molecule has 1 N–H and O–H groups in total. The molecular formula is C29H23Cl2NO6S. The number of aliphatic hydroxyl groups is 1. The molecule has 1 amide bonds. The van der Waals surface area contributed by atoms with Crippen molar-refractivity contribution in [2.75, 3.05) is 13.7 Å². The highest BCUT2D eigenvalue weighted by Crippen LogP contribution is 2.40. The summed E-state index contributed by atoms with van der Waals surface area (Å²) in [6.45, 7) is 1.97. The van der Waals surface area contributed by atoms with E-state index in [2.05, 4.69) is 4.99 Å². The molecule has 200 valence electrons. The zero-order valence-electron chi connectivity index (χ0n) is 20.9. The molecule has 0 atom stereocenters. The van der Waals surface area contributed by atoms with E-state index < -0.39 is 11.9 Å². The molecule has 10 heteroatoms. The fourth-order valence-corrected chi connectivity index (χ4v) is 5.01. The lowest BCUT2D eigenvalue weighted by molar-refractivity contribution is -0.138. The second kappa shape index (κ2) is 12.9. The fourth-order valence-electron chi connectivity index (χ4n) is 3.59. The van der Waals surface area contributed by atoms with E-state index in [9.17, 15) is 14.7 Å². The summed E-state index contributed by atoms with van der Waals surface area (Å²) in [4.78, 5) is 29.9. The molecule has 0 fully saturated rings. The van der Waals surface area contributed by atoms with Gasteiger partial charge in [0.1, 0.15) is 23.0 Å². The molecule has 39 heavy (non-hydrogen) atoms. The van der Waals surface area contributed by atoms with Gasteiger partial charge in [-0.1, -0.05) is 71.4 Å². The largest absolute Gasteiger partial charge is 0.506 e. The number of methoxy groups -OCH3 is 1. The first-order valence-corrected chi connectivity index (χ1v) is 13.3. The number of amides is 1. The molecule has 0 radical (unpaired) electrons. The van der Waals surface area contributed by atoms with Crippen molar-refractivity contribution in [1.29, 1.82) is 0 Å². The molecule has 1 aliphatic rings. The first-order chi connectivity index (χ1) is 18.8. The zero-order chi connectivity index (χ0) is 27.9. The van der Waals surface area contributed by atoms with Gasteiger partial charge < -0.3 is 19.3 Å². The SMILES string of the molecule is CCOC(=O)C1=C(O)/C(=C/c2ccc(OCc3ccccc3Cl)c(OC)c2)SC1=NC(=O)c1ccccc1Cl. The van der Waals surface area contributed by atoms with Gasteiger partial charge in [-0.25, -0.2) is 9.79 Å². The minimum absolute atomic E-state index is 0.00813. The summed E-state index contributed by atoms with van der Waals surface area (Å²) in [7, 11) is 1.51. The van der Waals surface area contributed by atoms with E-state index in [1.807, 2.05) is 18.2 Å². The molecule has 0 saturated heterocycles. The summed E-state index contributed by atoms with van der Waals surface area (Å²) in [5, 5.41) is 11.8. The van der Waals surface area contributed by atoms with Crippen molar-refractivity contribution in [2.45, 2.75) is 13.5 Å². The minimum atomic E-state index is -0.794. The van der Waals surface area contributed by atoms with Crippen LogP contribution in [-0.4, -0.2) is 35.7 Å². The number of thioether (sulfide) groups is 1. The number of nitrogens with zero attached hydrogens (tertiary/aromatic N) is 1. The molecule has 0 spiro atoms. The van der Waals surface area contributed by atoms with Gasteiger partial charge in [0.2, 0.25) is 0 Å². The molecule has 1 heterocycles. The zero-order valence-corrected chi connectivity index (χ0v) is 23.3. The lowest BCUT2D eigenvalue weighted by atomic mass is 10.1. The molecular weight excluding hydrogens is 561 g/mol. The van der Waals surface area contributed by atoms with E-state index in [-0.39, 0.29) is 40.2 Å². The van der Waals surface area contributed by atoms with E-state index in [1.165, 1.54) is 13.2 Å². The Morgan fingerprint density at radius 2 is 1.72 bits per heavy atom. The van der Waals surface area contributed by atoms with Gasteiger partial charge in [0.05, 0.1) is 29.2 Å². The number of hydrogen-bond donors (Lipinski definition) is 1. The van der Waals surface area contributed by atoms with Crippen LogP contribution in [0.15, 0.2) is 88.0 Å². The number of halogens is 2. The van der Waals surface area contributed by atoms with Crippen LogP contribution in [-0.2, 0) is 16.1 Å². The quantitative estimate of drug-likeness (QED) is 0.278. The molecule has 0 unspecified atom stereocenters. The van der Waals surface area contributed by atoms with Crippen LogP contribution in [0.3, 0.4) is 0 Å². The maximum Gasteiger partial charge on any atom is 0.344 e. The van der Waals surface area contributed by atoms with Gasteiger partial charge in [-0.15, -0.1) is 0 Å². The topological polar surface area (TPSA) is 94.4 Å². The van der Waals surface area contributed by atoms with Crippen molar-refractivity contribution in [1.82, 2.24) is 0 Å². The van der Waals surface area contributed by atoms with E-state index in [1.54, 1.807) is 55.5 Å². The standard InChI is InChI=1S/C29H23Cl2NO6S/c1-3-37-29(35)25-26(33)24(39-28(25)32-27(34)19-9-5-7-11-21(19)31)15-17-12-13-22(23(14-17)36-2)38-16-18-8-4-6-10-20(18)30/h4-15,33H,3,16H2,1-2H3/b24-15-,32-28?. The Bertz CT molecular complexity index is 1520. The van der Waals surface area contributed by atoms with Crippen molar-refractivity contribution < 1.29 is 28.9 Å². The van der Waals surface area contributed by atoms with Crippen LogP contribution in [0, 0.1) is 0 Å². The lowest BCUT2D eigenvalue weighted by Crippen LogP contribution is -2.14. The maximum atomic E-state index is 12.8. The van der Waals surface area contributed by atoms with Gasteiger partial charge in [-0.3, -0.25) is 4.79 Å². The molecule has 7 nitrogen and oxygen atoms in total. The number of hydrogen-bond acceptors (Lipinski definition) is 7. The average molecular weight is 584 g/mol. The Labute approximate surface area is 239 Å². The maximum absolute atomic E-state index is 12.8. The molecule has 0 bridgehead atoms.